The Morgan fingerprint density at radius 3 is 2.82 bits per heavy atom. The molecule has 5 nitrogen and oxygen atoms in total. The van der Waals surface area contributed by atoms with Crippen molar-refractivity contribution in [2.75, 3.05) is 0 Å². The third-order valence-corrected chi connectivity index (χ3v) is 2.55. The Labute approximate surface area is 96.9 Å². The molecule has 2 rings (SSSR count). The standard InChI is InChI=1S/C12H11NO4/c1-8-3-2-4-11(14)13(8)7-10-9(12(15)16)5-6-17-10/h2-6H,7H2,1H3,(H,15,16). The first-order valence-electron chi connectivity index (χ1n) is 5.05. The van der Waals surface area contributed by atoms with Crippen molar-refractivity contribution in [2.24, 2.45) is 0 Å². The van der Waals surface area contributed by atoms with E-state index in [2.05, 4.69) is 0 Å². The van der Waals surface area contributed by atoms with Gasteiger partial charge < -0.3 is 14.1 Å². The summed E-state index contributed by atoms with van der Waals surface area (Å²) in [4.78, 5) is 22.5. The minimum atomic E-state index is -1.06. The first-order chi connectivity index (χ1) is 8.09. The zero-order chi connectivity index (χ0) is 12.4. The first-order valence-corrected chi connectivity index (χ1v) is 5.05. The molecule has 5 heteroatoms. The highest BCUT2D eigenvalue weighted by atomic mass is 16.4. The van der Waals surface area contributed by atoms with Crippen molar-refractivity contribution in [2.45, 2.75) is 13.5 Å². The molecule has 0 amide bonds. The number of hydrogen-bond acceptors (Lipinski definition) is 3. The largest absolute Gasteiger partial charge is 0.478 e. The topological polar surface area (TPSA) is 72.4 Å². The van der Waals surface area contributed by atoms with Crippen LogP contribution in [0.2, 0.25) is 0 Å². The van der Waals surface area contributed by atoms with Gasteiger partial charge in [0.25, 0.3) is 5.56 Å². The van der Waals surface area contributed by atoms with Gasteiger partial charge in [-0.1, -0.05) is 6.07 Å². The lowest BCUT2D eigenvalue weighted by molar-refractivity contribution is 0.0694. The molecule has 17 heavy (non-hydrogen) atoms. The molecular formula is C12H11NO4. The van der Waals surface area contributed by atoms with Gasteiger partial charge in [-0.3, -0.25) is 4.79 Å². The van der Waals surface area contributed by atoms with E-state index in [1.807, 2.05) is 0 Å². The summed E-state index contributed by atoms with van der Waals surface area (Å²) in [5.41, 5.74) is 0.656. The number of pyridine rings is 1. The average molecular weight is 233 g/mol. The first kappa shape index (κ1) is 11.2. The van der Waals surface area contributed by atoms with Crippen LogP contribution in [-0.4, -0.2) is 15.6 Å². The third kappa shape index (κ3) is 2.13. The number of rotatable bonds is 3. The summed E-state index contributed by atoms with van der Waals surface area (Å²) in [5, 5.41) is 8.92. The van der Waals surface area contributed by atoms with Crippen LogP contribution in [0.1, 0.15) is 21.8 Å². The van der Waals surface area contributed by atoms with E-state index >= 15 is 0 Å². The molecule has 88 valence electrons. The zero-order valence-electron chi connectivity index (χ0n) is 9.21. The van der Waals surface area contributed by atoms with Gasteiger partial charge in [-0.2, -0.15) is 0 Å². The van der Waals surface area contributed by atoms with Gasteiger partial charge >= 0.3 is 5.97 Å². The zero-order valence-corrected chi connectivity index (χ0v) is 9.21. The summed E-state index contributed by atoms with van der Waals surface area (Å²) in [5.74, 6) is -0.788. The van der Waals surface area contributed by atoms with Crippen molar-refractivity contribution in [3.05, 3.63) is 57.9 Å². The van der Waals surface area contributed by atoms with E-state index in [4.69, 9.17) is 9.52 Å². The SMILES string of the molecule is Cc1cccc(=O)n1Cc1occc1C(=O)O. The van der Waals surface area contributed by atoms with Crippen LogP contribution < -0.4 is 5.56 Å². The van der Waals surface area contributed by atoms with E-state index in [0.29, 0.717) is 0 Å². The monoisotopic (exact) mass is 233 g/mol. The normalized spacial score (nSPS) is 10.4. The lowest BCUT2D eigenvalue weighted by Gasteiger charge is -2.07. The number of furan rings is 1. The van der Waals surface area contributed by atoms with Gasteiger partial charge in [-0.15, -0.1) is 0 Å². The molecule has 0 atom stereocenters. The van der Waals surface area contributed by atoms with Crippen molar-refractivity contribution in [1.29, 1.82) is 0 Å². The predicted octanol–water partition coefficient (Wildman–Crippen LogP) is 1.50. The summed E-state index contributed by atoms with van der Waals surface area (Å²) in [7, 11) is 0. The minimum Gasteiger partial charge on any atom is -0.478 e. The van der Waals surface area contributed by atoms with E-state index in [9.17, 15) is 9.59 Å². The Morgan fingerprint density at radius 1 is 1.41 bits per heavy atom. The number of aromatic nitrogens is 1. The van der Waals surface area contributed by atoms with Gasteiger partial charge in [0.2, 0.25) is 0 Å². The van der Waals surface area contributed by atoms with Crippen LogP contribution in [-0.2, 0) is 6.54 Å². The number of aromatic carboxylic acids is 1. The number of carboxylic acids is 1. The van der Waals surface area contributed by atoms with Gasteiger partial charge in [0.1, 0.15) is 11.3 Å². The quantitative estimate of drug-likeness (QED) is 0.871. The number of hydrogen-bond donors (Lipinski definition) is 1. The fourth-order valence-electron chi connectivity index (χ4n) is 1.62. The van der Waals surface area contributed by atoms with Crippen LogP contribution in [0.25, 0.3) is 0 Å². The lowest BCUT2D eigenvalue weighted by Crippen LogP contribution is -2.22. The molecule has 2 aromatic heterocycles. The smallest absolute Gasteiger partial charge is 0.339 e. The maximum atomic E-state index is 11.6. The molecular weight excluding hydrogens is 222 g/mol. The Hall–Kier alpha value is -2.30. The summed E-state index contributed by atoms with van der Waals surface area (Å²) < 4.78 is 6.56. The van der Waals surface area contributed by atoms with E-state index < -0.39 is 5.97 Å². The second-order valence-corrected chi connectivity index (χ2v) is 3.65. The molecule has 0 fully saturated rings. The molecule has 0 unspecified atom stereocenters. The molecule has 0 radical (unpaired) electrons. The highest BCUT2D eigenvalue weighted by Crippen LogP contribution is 2.12. The van der Waals surface area contributed by atoms with Gasteiger partial charge in [-0.25, -0.2) is 4.79 Å². The summed E-state index contributed by atoms with van der Waals surface area (Å²) in [6.45, 7) is 1.91. The van der Waals surface area contributed by atoms with E-state index in [1.165, 1.54) is 23.0 Å². The number of carboxylic acid groups (broad SMARTS) is 1. The van der Waals surface area contributed by atoms with Crippen LogP contribution in [0.3, 0.4) is 0 Å². The van der Waals surface area contributed by atoms with Crippen molar-refractivity contribution >= 4 is 5.97 Å². The van der Waals surface area contributed by atoms with Crippen molar-refractivity contribution in [1.82, 2.24) is 4.57 Å². The molecule has 0 aliphatic rings. The highest BCUT2D eigenvalue weighted by Gasteiger charge is 2.14. The second kappa shape index (κ2) is 4.29. The molecule has 0 aliphatic heterocycles. The van der Waals surface area contributed by atoms with Crippen LogP contribution in [0.5, 0.6) is 0 Å². The summed E-state index contributed by atoms with van der Waals surface area (Å²) in [6, 6.07) is 6.25. The number of aryl methyl sites for hydroxylation is 1. The van der Waals surface area contributed by atoms with Gasteiger partial charge in [0.05, 0.1) is 12.8 Å². The van der Waals surface area contributed by atoms with Crippen LogP contribution in [0.15, 0.2) is 39.7 Å². The van der Waals surface area contributed by atoms with Crippen LogP contribution in [0.4, 0.5) is 0 Å². The molecule has 0 saturated carbocycles. The summed E-state index contributed by atoms with van der Waals surface area (Å²) in [6.07, 6.45) is 1.31. The van der Waals surface area contributed by atoms with E-state index in [0.717, 1.165) is 5.69 Å². The van der Waals surface area contributed by atoms with Gasteiger partial charge in [-0.05, 0) is 19.1 Å². The number of carbonyl (C=O) groups is 1. The van der Waals surface area contributed by atoms with E-state index in [-0.39, 0.29) is 23.4 Å². The Kier molecular flexibility index (Phi) is 2.82. The highest BCUT2D eigenvalue weighted by molar-refractivity contribution is 5.88. The molecule has 2 aromatic rings. The van der Waals surface area contributed by atoms with Crippen LogP contribution in [0, 0.1) is 6.92 Å². The maximum absolute atomic E-state index is 11.6. The minimum absolute atomic E-state index is 0.0835. The predicted molar refractivity (Wildman–Crippen MR) is 60.2 cm³/mol. The van der Waals surface area contributed by atoms with Crippen molar-refractivity contribution in [3.8, 4) is 0 Å². The molecule has 0 aliphatic carbocycles. The lowest BCUT2D eigenvalue weighted by atomic mass is 10.2. The molecule has 1 N–H and O–H groups in total. The molecule has 0 bridgehead atoms. The molecule has 2 heterocycles. The van der Waals surface area contributed by atoms with Crippen LogP contribution >= 0.6 is 0 Å². The fraction of sp³-hybridized carbons (Fsp3) is 0.167. The van der Waals surface area contributed by atoms with Gasteiger partial charge in [0.15, 0.2) is 0 Å². The molecule has 0 saturated heterocycles. The Balaban J connectivity index is 2.42. The molecule has 0 spiro atoms. The number of nitrogens with zero attached hydrogens (tertiary/aromatic N) is 1. The Morgan fingerprint density at radius 2 is 2.18 bits per heavy atom. The van der Waals surface area contributed by atoms with E-state index in [1.54, 1.807) is 19.1 Å². The van der Waals surface area contributed by atoms with Gasteiger partial charge in [0, 0.05) is 11.8 Å². The summed E-state index contributed by atoms with van der Waals surface area (Å²) >= 11 is 0. The maximum Gasteiger partial charge on any atom is 0.339 e. The average Bonchev–Trinajstić information content (AvgIpc) is 2.72. The fourth-order valence-corrected chi connectivity index (χ4v) is 1.62. The molecule has 0 aromatic carbocycles. The van der Waals surface area contributed by atoms with Crippen molar-refractivity contribution in [3.63, 3.8) is 0 Å². The second-order valence-electron chi connectivity index (χ2n) is 3.65. The third-order valence-electron chi connectivity index (χ3n) is 2.55. The van der Waals surface area contributed by atoms with Crippen molar-refractivity contribution < 1.29 is 14.3 Å². The Bertz CT molecular complexity index is 609.